The molecule has 5 nitrogen and oxygen atoms in total. The lowest BCUT2D eigenvalue weighted by Gasteiger charge is -2.30. The van der Waals surface area contributed by atoms with E-state index < -0.39 is 0 Å². The molecule has 1 aliphatic carbocycles. The lowest BCUT2D eigenvalue weighted by Crippen LogP contribution is -2.31. The maximum absolute atomic E-state index is 9.89. The molecule has 0 radical (unpaired) electrons. The van der Waals surface area contributed by atoms with Gasteiger partial charge in [-0.2, -0.15) is 0 Å². The third kappa shape index (κ3) is 7.27. The summed E-state index contributed by atoms with van der Waals surface area (Å²) in [4.78, 5) is 4.89. The molecular formula is C34H44N2O3. The Morgan fingerprint density at radius 2 is 1.62 bits per heavy atom. The predicted octanol–water partition coefficient (Wildman–Crippen LogP) is 6.95. The number of methoxy groups -OCH3 is 1. The van der Waals surface area contributed by atoms with Gasteiger partial charge in [0.1, 0.15) is 23.9 Å². The number of phenols is 1. The van der Waals surface area contributed by atoms with Gasteiger partial charge in [-0.15, -0.1) is 0 Å². The number of phenolic OH excluding ortho intramolecular Hbond substituents is 1. The molecule has 1 unspecified atom stereocenters. The molecule has 0 spiro atoms. The molecule has 1 saturated heterocycles. The molecule has 3 aromatic rings. The normalized spacial score (nSPS) is 18.1. The van der Waals surface area contributed by atoms with Crippen LogP contribution in [0.2, 0.25) is 0 Å². The van der Waals surface area contributed by atoms with E-state index in [1.807, 2.05) is 12.1 Å². The molecule has 2 aliphatic rings. The first-order chi connectivity index (χ1) is 19.1. The van der Waals surface area contributed by atoms with Crippen molar-refractivity contribution in [2.45, 2.75) is 63.8 Å². The van der Waals surface area contributed by atoms with Crippen LogP contribution in [0.15, 0.2) is 60.7 Å². The molecule has 1 aliphatic heterocycles. The second-order valence-corrected chi connectivity index (χ2v) is 11.3. The van der Waals surface area contributed by atoms with Crippen LogP contribution in [0.4, 0.5) is 5.69 Å². The Kier molecular flexibility index (Phi) is 9.31. The van der Waals surface area contributed by atoms with Gasteiger partial charge in [-0.1, -0.05) is 43.5 Å². The molecule has 3 aromatic carbocycles. The van der Waals surface area contributed by atoms with Crippen LogP contribution in [0.1, 0.15) is 66.7 Å². The van der Waals surface area contributed by atoms with E-state index in [-0.39, 0.29) is 0 Å². The van der Waals surface area contributed by atoms with Crippen molar-refractivity contribution in [3.63, 3.8) is 0 Å². The highest BCUT2D eigenvalue weighted by atomic mass is 16.5. The Bertz CT molecular complexity index is 1200. The van der Waals surface area contributed by atoms with Crippen molar-refractivity contribution >= 4 is 5.69 Å². The molecule has 1 atom stereocenters. The highest BCUT2D eigenvalue weighted by Gasteiger charge is 2.24. The van der Waals surface area contributed by atoms with Gasteiger partial charge in [0.25, 0.3) is 0 Å². The van der Waals surface area contributed by atoms with Crippen LogP contribution < -0.4 is 14.4 Å². The monoisotopic (exact) mass is 528 g/mol. The van der Waals surface area contributed by atoms with Crippen molar-refractivity contribution in [3.8, 4) is 17.2 Å². The smallest absolute Gasteiger partial charge is 0.120 e. The summed E-state index contributed by atoms with van der Waals surface area (Å²) in [7, 11) is 3.90. The standard InChI is InChI=1S/C34H44N2O3/c1-35(25-26-8-14-31(15-9-26)39-21-20-36-18-6-4-3-5-7-19-36)34-24-32(38-2)16-17-33(34)29-11-10-28-23-30(37)13-12-27(28)22-29/h8-9,12-17,23-24,29,37H,3-7,10-11,18-22,25H2,1-2H3. The van der Waals surface area contributed by atoms with E-state index in [0.29, 0.717) is 11.7 Å². The van der Waals surface area contributed by atoms with E-state index in [1.165, 1.54) is 73.1 Å². The number of fused-ring (bicyclic) bond motifs is 1. The van der Waals surface area contributed by atoms with E-state index in [4.69, 9.17) is 9.47 Å². The fraction of sp³-hybridized carbons (Fsp3) is 0.471. The molecule has 0 bridgehead atoms. The number of rotatable bonds is 9. The third-order valence-corrected chi connectivity index (χ3v) is 8.48. The molecule has 1 N–H and O–H groups in total. The summed E-state index contributed by atoms with van der Waals surface area (Å²) in [6.07, 6.45) is 9.81. The van der Waals surface area contributed by atoms with Gasteiger partial charge in [0.2, 0.25) is 0 Å². The maximum Gasteiger partial charge on any atom is 0.120 e. The lowest BCUT2D eigenvalue weighted by molar-refractivity contribution is 0.195. The number of aryl methyl sites for hydroxylation is 1. The van der Waals surface area contributed by atoms with Crippen LogP contribution in [0.25, 0.3) is 0 Å². The highest BCUT2D eigenvalue weighted by molar-refractivity contribution is 5.59. The fourth-order valence-corrected chi connectivity index (χ4v) is 6.21. The van der Waals surface area contributed by atoms with Crippen molar-refractivity contribution < 1.29 is 14.6 Å². The van der Waals surface area contributed by atoms with Gasteiger partial charge >= 0.3 is 0 Å². The summed E-state index contributed by atoms with van der Waals surface area (Å²) in [6, 6.07) is 20.9. The summed E-state index contributed by atoms with van der Waals surface area (Å²) < 4.78 is 11.7. The minimum atomic E-state index is 0.362. The van der Waals surface area contributed by atoms with Gasteiger partial charge in [0.05, 0.1) is 7.11 Å². The average molecular weight is 529 g/mol. The van der Waals surface area contributed by atoms with Crippen LogP contribution in [0, 0.1) is 0 Å². The Labute approximate surface area is 234 Å². The summed E-state index contributed by atoms with van der Waals surface area (Å²) in [5.41, 5.74) is 6.46. The second kappa shape index (κ2) is 13.3. The Balaban J connectivity index is 1.21. The maximum atomic E-state index is 9.89. The number of likely N-dealkylation sites (tertiary alicyclic amines) is 1. The summed E-state index contributed by atoms with van der Waals surface area (Å²) in [5.74, 6) is 2.63. The van der Waals surface area contributed by atoms with Gasteiger partial charge in [-0.25, -0.2) is 0 Å². The number of hydrogen-bond acceptors (Lipinski definition) is 5. The van der Waals surface area contributed by atoms with Crippen molar-refractivity contribution in [2.24, 2.45) is 0 Å². The Morgan fingerprint density at radius 3 is 2.38 bits per heavy atom. The summed E-state index contributed by atoms with van der Waals surface area (Å²) >= 11 is 0. The number of benzene rings is 3. The van der Waals surface area contributed by atoms with E-state index >= 15 is 0 Å². The zero-order valence-corrected chi connectivity index (χ0v) is 23.7. The zero-order valence-electron chi connectivity index (χ0n) is 23.7. The van der Waals surface area contributed by atoms with Crippen molar-refractivity contribution in [1.29, 1.82) is 0 Å². The zero-order chi connectivity index (χ0) is 27.0. The first-order valence-corrected chi connectivity index (χ1v) is 14.7. The predicted molar refractivity (Wildman–Crippen MR) is 159 cm³/mol. The Hall–Kier alpha value is -3.18. The average Bonchev–Trinajstić information content (AvgIpc) is 2.94. The Morgan fingerprint density at radius 1 is 0.872 bits per heavy atom. The first kappa shape index (κ1) is 27.4. The van der Waals surface area contributed by atoms with Crippen molar-refractivity contribution in [2.75, 3.05) is 45.3 Å². The molecule has 5 rings (SSSR count). The fourth-order valence-electron chi connectivity index (χ4n) is 6.21. The molecule has 208 valence electrons. The molecule has 1 fully saturated rings. The van der Waals surface area contributed by atoms with Crippen LogP contribution in [0.5, 0.6) is 17.2 Å². The van der Waals surface area contributed by atoms with Crippen LogP contribution in [-0.2, 0) is 19.4 Å². The minimum Gasteiger partial charge on any atom is -0.508 e. The lowest BCUT2D eigenvalue weighted by atomic mass is 9.79. The van der Waals surface area contributed by atoms with Gasteiger partial charge in [-0.05, 0) is 104 Å². The summed E-state index contributed by atoms with van der Waals surface area (Å²) in [6.45, 7) is 4.98. The minimum absolute atomic E-state index is 0.362. The number of aromatic hydroxyl groups is 1. The van der Waals surface area contributed by atoms with Crippen LogP contribution >= 0.6 is 0 Å². The van der Waals surface area contributed by atoms with Gasteiger partial charge in [-0.3, -0.25) is 4.90 Å². The van der Waals surface area contributed by atoms with E-state index in [0.717, 1.165) is 50.5 Å². The number of anilines is 1. The third-order valence-electron chi connectivity index (χ3n) is 8.48. The largest absolute Gasteiger partial charge is 0.508 e. The SMILES string of the molecule is COc1ccc(C2CCc3cc(O)ccc3C2)c(N(C)Cc2ccc(OCCN3CCCCCCC3)cc2)c1. The molecule has 0 aromatic heterocycles. The first-order valence-electron chi connectivity index (χ1n) is 14.7. The highest BCUT2D eigenvalue weighted by Crippen LogP contribution is 2.39. The summed E-state index contributed by atoms with van der Waals surface area (Å²) in [5, 5.41) is 9.89. The van der Waals surface area contributed by atoms with Gasteiger partial charge in [0, 0.05) is 31.9 Å². The molecule has 0 amide bonds. The van der Waals surface area contributed by atoms with Crippen LogP contribution in [-0.4, -0.2) is 50.4 Å². The van der Waals surface area contributed by atoms with E-state index in [1.54, 1.807) is 7.11 Å². The molecule has 0 saturated carbocycles. The molecule has 1 heterocycles. The number of hydrogen-bond donors (Lipinski definition) is 1. The number of nitrogens with zero attached hydrogens (tertiary/aromatic N) is 2. The molecular weight excluding hydrogens is 484 g/mol. The van der Waals surface area contributed by atoms with E-state index in [9.17, 15) is 5.11 Å². The van der Waals surface area contributed by atoms with Crippen molar-refractivity contribution in [1.82, 2.24) is 4.90 Å². The topological polar surface area (TPSA) is 45.2 Å². The number of ether oxygens (including phenoxy) is 2. The van der Waals surface area contributed by atoms with Crippen LogP contribution in [0.3, 0.4) is 0 Å². The van der Waals surface area contributed by atoms with Crippen molar-refractivity contribution in [3.05, 3.63) is 82.9 Å². The van der Waals surface area contributed by atoms with Gasteiger partial charge < -0.3 is 19.5 Å². The molecule has 39 heavy (non-hydrogen) atoms. The second-order valence-electron chi connectivity index (χ2n) is 11.3. The quantitative estimate of drug-likeness (QED) is 0.325. The molecule has 5 heteroatoms. The van der Waals surface area contributed by atoms with E-state index in [2.05, 4.69) is 65.4 Å². The van der Waals surface area contributed by atoms with Gasteiger partial charge in [0.15, 0.2) is 0 Å².